The fourth-order valence-corrected chi connectivity index (χ4v) is 4.97. The van der Waals surface area contributed by atoms with E-state index >= 15 is 0 Å². The average Bonchev–Trinajstić information content (AvgIpc) is 2.99. The molecule has 2 aliphatic rings. The van der Waals surface area contributed by atoms with Crippen molar-refractivity contribution >= 4 is 27.3 Å². The third-order valence-corrected chi connectivity index (χ3v) is 6.55. The van der Waals surface area contributed by atoms with Crippen LogP contribution in [0.3, 0.4) is 0 Å². The highest BCUT2D eigenvalue weighted by Gasteiger charge is 2.43. The molecule has 3 rings (SSSR count). The van der Waals surface area contributed by atoms with Crippen LogP contribution in [-0.2, 0) is 19.5 Å². The normalized spacial score (nSPS) is 26.0. The van der Waals surface area contributed by atoms with Crippen molar-refractivity contribution in [3.05, 3.63) is 11.2 Å². The van der Waals surface area contributed by atoms with Gasteiger partial charge in [-0.1, -0.05) is 0 Å². The molecule has 1 aromatic rings. The van der Waals surface area contributed by atoms with E-state index in [-0.39, 0.29) is 22.0 Å². The molecule has 1 aliphatic heterocycles. The van der Waals surface area contributed by atoms with Gasteiger partial charge in [0.15, 0.2) is 9.90 Å². The Morgan fingerprint density at radius 1 is 1.48 bits per heavy atom. The molecule has 0 amide bonds. The molecule has 116 valence electrons. The van der Waals surface area contributed by atoms with E-state index in [9.17, 15) is 13.2 Å². The number of carbonyl (C=O) groups is 1. The lowest BCUT2D eigenvalue weighted by Crippen LogP contribution is -2.41. The van der Waals surface area contributed by atoms with Crippen LogP contribution < -0.4 is 4.72 Å². The molecular weight excluding hydrogens is 316 g/mol. The predicted molar refractivity (Wildman–Crippen MR) is 74.6 cm³/mol. The van der Waals surface area contributed by atoms with Crippen molar-refractivity contribution in [2.75, 3.05) is 13.7 Å². The lowest BCUT2D eigenvalue weighted by atomic mass is 10.1. The van der Waals surface area contributed by atoms with Crippen LogP contribution in [-0.4, -0.2) is 45.2 Å². The number of esters is 1. The number of hydrogen-bond acceptors (Lipinski definition) is 7. The van der Waals surface area contributed by atoms with E-state index in [0.717, 1.165) is 24.2 Å². The zero-order valence-corrected chi connectivity index (χ0v) is 13.1. The van der Waals surface area contributed by atoms with Crippen molar-refractivity contribution in [2.24, 2.45) is 5.92 Å². The first kappa shape index (κ1) is 14.9. The van der Waals surface area contributed by atoms with E-state index in [1.807, 2.05) is 0 Å². The highest BCUT2D eigenvalue weighted by Crippen LogP contribution is 2.39. The molecule has 9 heteroatoms. The number of nitrogens with one attached hydrogen (secondary N) is 1. The summed E-state index contributed by atoms with van der Waals surface area (Å²) in [6, 6.07) is -0.241. The summed E-state index contributed by atoms with van der Waals surface area (Å²) in [4.78, 5) is 15.4. The summed E-state index contributed by atoms with van der Waals surface area (Å²) in [5.41, 5.74) is 1.15. The van der Waals surface area contributed by atoms with Crippen molar-refractivity contribution in [2.45, 2.75) is 35.6 Å². The van der Waals surface area contributed by atoms with E-state index in [1.165, 1.54) is 12.6 Å². The van der Waals surface area contributed by atoms with Crippen molar-refractivity contribution in [1.29, 1.82) is 0 Å². The van der Waals surface area contributed by atoms with Gasteiger partial charge in [0.1, 0.15) is 0 Å². The molecule has 7 nitrogen and oxygen atoms in total. The van der Waals surface area contributed by atoms with Crippen molar-refractivity contribution in [1.82, 2.24) is 9.71 Å². The van der Waals surface area contributed by atoms with Crippen molar-refractivity contribution < 1.29 is 22.7 Å². The first-order chi connectivity index (χ1) is 10.0. The standard InChI is InChI=1S/C12H16N2O5S2/c1-18-11(15)9-12(20-6-13-9)21(16,17)14-8-4-5-19-10(8)7-2-3-7/h6-8,10,14H,2-5H2,1H3. The summed E-state index contributed by atoms with van der Waals surface area (Å²) < 4.78 is 37.7. The molecule has 2 atom stereocenters. The van der Waals surface area contributed by atoms with Crippen LogP contribution in [0.4, 0.5) is 0 Å². The minimum atomic E-state index is -3.80. The van der Waals surface area contributed by atoms with Gasteiger partial charge in [0.25, 0.3) is 10.0 Å². The highest BCUT2D eigenvalue weighted by molar-refractivity contribution is 7.91. The molecular formula is C12H16N2O5S2. The number of hydrogen-bond donors (Lipinski definition) is 1. The van der Waals surface area contributed by atoms with Gasteiger partial charge in [-0.3, -0.25) is 0 Å². The van der Waals surface area contributed by atoms with E-state index in [2.05, 4.69) is 14.4 Å². The number of nitrogens with zero attached hydrogens (tertiary/aromatic N) is 1. The molecule has 1 aliphatic carbocycles. The number of methoxy groups -OCH3 is 1. The smallest absolute Gasteiger partial charge is 0.358 e. The minimum Gasteiger partial charge on any atom is -0.464 e. The molecule has 1 saturated heterocycles. The molecule has 21 heavy (non-hydrogen) atoms. The summed E-state index contributed by atoms with van der Waals surface area (Å²) in [5, 5.41) is 0. The van der Waals surface area contributed by atoms with Crippen LogP contribution in [0, 0.1) is 5.92 Å². The van der Waals surface area contributed by atoms with Crippen molar-refractivity contribution in [3.8, 4) is 0 Å². The summed E-state index contributed by atoms with van der Waals surface area (Å²) in [6.07, 6.45) is 2.75. The maximum Gasteiger partial charge on any atom is 0.358 e. The van der Waals surface area contributed by atoms with Gasteiger partial charge < -0.3 is 9.47 Å². The number of rotatable bonds is 5. The molecule has 0 spiro atoms. The minimum absolute atomic E-state index is 0.0609. The van der Waals surface area contributed by atoms with E-state index in [1.54, 1.807) is 0 Å². The highest BCUT2D eigenvalue weighted by atomic mass is 32.2. The monoisotopic (exact) mass is 332 g/mol. The first-order valence-electron chi connectivity index (χ1n) is 6.68. The number of sulfonamides is 1. The van der Waals surface area contributed by atoms with Crippen LogP contribution in [0.1, 0.15) is 29.8 Å². The van der Waals surface area contributed by atoms with E-state index in [4.69, 9.17) is 4.74 Å². The largest absolute Gasteiger partial charge is 0.464 e. The Labute approximate surface area is 126 Å². The Bertz CT molecular complexity index is 638. The lowest BCUT2D eigenvalue weighted by Gasteiger charge is -2.19. The number of ether oxygens (including phenoxy) is 2. The van der Waals surface area contributed by atoms with Gasteiger partial charge in [-0.25, -0.2) is 22.9 Å². The maximum absolute atomic E-state index is 12.5. The van der Waals surface area contributed by atoms with Gasteiger partial charge in [-0.2, -0.15) is 0 Å². The molecule has 0 bridgehead atoms. The van der Waals surface area contributed by atoms with Crippen molar-refractivity contribution in [3.63, 3.8) is 0 Å². The number of aromatic nitrogens is 1. The molecule has 1 saturated carbocycles. The predicted octanol–water partition coefficient (Wildman–Crippen LogP) is 0.775. The summed E-state index contributed by atoms with van der Waals surface area (Å²) >= 11 is 0.906. The number of carbonyl (C=O) groups excluding carboxylic acids is 1. The molecule has 2 unspecified atom stereocenters. The van der Waals surface area contributed by atoms with Crippen LogP contribution in [0.5, 0.6) is 0 Å². The van der Waals surface area contributed by atoms with Gasteiger partial charge >= 0.3 is 5.97 Å². The summed E-state index contributed by atoms with van der Waals surface area (Å²) in [7, 11) is -2.61. The van der Waals surface area contributed by atoms with Crippen LogP contribution >= 0.6 is 11.3 Å². The quantitative estimate of drug-likeness (QED) is 0.801. The Balaban J connectivity index is 1.80. The third kappa shape index (κ3) is 2.96. The molecule has 0 aromatic carbocycles. The second-order valence-electron chi connectivity index (χ2n) is 5.17. The zero-order valence-electron chi connectivity index (χ0n) is 11.4. The maximum atomic E-state index is 12.5. The summed E-state index contributed by atoms with van der Waals surface area (Å²) in [6.45, 7) is 0.556. The second-order valence-corrected chi connectivity index (χ2v) is 7.93. The van der Waals surface area contributed by atoms with Gasteiger partial charge in [-0.15, -0.1) is 11.3 Å². The van der Waals surface area contributed by atoms with Crippen LogP contribution in [0.15, 0.2) is 9.72 Å². The summed E-state index contributed by atoms with van der Waals surface area (Å²) in [5.74, 6) is -0.306. The van der Waals surface area contributed by atoms with Crippen LogP contribution in [0.2, 0.25) is 0 Å². The fraction of sp³-hybridized carbons (Fsp3) is 0.667. The zero-order chi connectivity index (χ0) is 15.0. The second kappa shape index (κ2) is 5.64. The Kier molecular flexibility index (Phi) is 4.00. The molecule has 0 radical (unpaired) electrons. The third-order valence-electron chi connectivity index (χ3n) is 3.69. The molecule has 1 N–H and O–H groups in total. The lowest BCUT2D eigenvalue weighted by molar-refractivity contribution is 0.0590. The van der Waals surface area contributed by atoms with Gasteiger partial charge in [0.05, 0.1) is 24.8 Å². The fourth-order valence-electron chi connectivity index (χ4n) is 2.54. The number of thiazole rings is 1. The van der Waals surface area contributed by atoms with Gasteiger partial charge in [0, 0.05) is 6.61 Å². The van der Waals surface area contributed by atoms with Gasteiger partial charge in [0.2, 0.25) is 0 Å². The molecule has 1 aromatic heterocycles. The Morgan fingerprint density at radius 3 is 2.90 bits per heavy atom. The first-order valence-corrected chi connectivity index (χ1v) is 9.05. The van der Waals surface area contributed by atoms with Crippen LogP contribution in [0.25, 0.3) is 0 Å². The average molecular weight is 332 g/mol. The molecule has 2 fully saturated rings. The Morgan fingerprint density at radius 2 is 2.24 bits per heavy atom. The van der Waals surface area contributed by atoms with E-state index in [0.29, 0.717) is 18.9 Å². The SMILES string of the molecule is COC(=O)c1ncsc1S(=O)(=O)NC1CCOC1C1CC1. The molecule has 2 heterocycles. The Hall–Kier alpha value is -1.03. The van der Waals surface area contributed by atoms with Gasteiger partial charge in [-0.05, 0) is 25.2 Å². The van der Waals surface area contributed by atoms with E-state index < -0.39 is 16.0 Å². The topological polar surface area (TPSA) is 94.6 Å².